The minimum absolute atomic E-state index is 0.145. The summed E-state index contributed by atoms with van der Waals surface area (Å²) < 4.78 is 10.9. The Balaban J connectivity index is 2.38. The number of rotatable bonds is 4. The van der Waals surface area contributed by atoms with Crippen LogP contribution in [0.25, 0.3) is 0 Å². The lowest BCUT2D eigenvalue weighted by atomic mass is 10.1. The van der Waals surface area contributed by atoms with Crippen LogP contribution in [0.4, 0.5) is 5.69 Å². The van der Waals surface area contributed by atoms with E-state index in [1.54, 1.807) is 51.5 Å². The first-order chi connectivity index (χ1) is 10.0. The van der Waals surface area contributed by atoms with Crippen molar-refractivity contribution >= 4 is 11.6 Å². The van der Waals surface area contributed by atoms with E-state index >= 15 is 0 Å². The van der Waals surface area contributed by atoms with Crippen LogP contribution >= 0.6 is 0 Å². The fourth-order valence-corrected chi connectivity index (χ4v) is 1.83. The zero-order valence-corrected chi connectivity index (χ0v) is 12.3. The Morgan fingerprint density at radius 1 is 1.10 bits per heavy atom. The number of methoxy groups -OCH3 is 1. The second kappa shape index (κ2) is 6.17. The predicted octanol–water partition coefficient (Wildman–Crippen LogP) is 2.77. The normalized spacial score (nSPS) is 10.0. The second-order valence-corrected chi connectivity index (χ2v) is 4.74. The average molecular weight is 286 g/mol. The van der Waals surface area contributed by atoms with Crippen molar-refractivity contribution in [3.63, 3.8) is 0 Å². The highest BCUT2D eigenvalue weighted by atomic mass is 16.5. The van der Waals surface area contributed by atoms with Crippen molar-refractivity contribution in [1.82, 2.24) is 4.90 Å². The van der Waals surface area contributed by atoms with Gasteiger partial charge in [0.2, 0.25) is 0 Å². The Kier molecular flexibility index (Phi) is 4.33. The lowest BCUT2D eigenvalue weighted by Crippen LogP contribution is -2.22. The van der Waals surface area contributed by atoms with Gasteiger partial charge in [-0.25, -0.2) is 0 Å². The first-order valence-electron chi connectivity index (χ1n) is 6.44. The number of carbonyl (C=O) groups is 1. The molecular weight excluding hydrogens is 268 g/mol. The quantitative estimate of drug-likeness (QED) is 0.878. The summed E-state index contributed by atoms with van der Waals surface area (Å²) in [6.45, 7) is 0. The number of nitrogens with two attached hydrogens (primary N) is 1. The van der Waals surface area contributed by atoms with Gasteiger partial charge in [-0.05, 0) is 24.3 Å². The Bertz CT molecular complexity index is 654. The van der Waals surface area contributed by atoms with Crippen LogP contribution in [0.3, 0.4) is 0 Å². The molecule has 0 heterocycles. The van der Waals surface area contributed by atoms with E-state index in [0.29, 0.717) is 28.5 Å². The van der Waals surface area contributed by atoms with E-state index in [0.717, 1.165) is 0 Å². The number of benzene rings is 2. The predicted molar refractivity (Wildman–Crippen MR) is 81.9 cm³/mol. The highest BCUT2D eigenvalue weighted by Crippen LogP contribution is 2.30. The van der Waals surface area contributed by atoms with Gasteiger partial charge in [-0.3, -0.25) is 4.79 Å². The Labute approximate surface area is 123 Å². The fraction of sp³-hybridized carbons (Fsp3) is 0.188. The summed E-state index contributed by atoms with van der Waals surface area (Å²) in [5.74, 6) is 1.53. The first kappa shape index (κ1) is 14.7. The molecule has 0 unspecified atom stereocenters. The van der Waals surface area contributed by atoms with Gasteiger partial charge in [0.1, 0.15) is 17.2 Å². The maximum Gasteiger partial charge on any atom is 0.257 e. The van der Waals surface area contributed by atoms with Gasteiger partial charge in [0.15, 0.2) is 0 Å². The molecule has 2 aromatic rings. The molecule has 1 amide bonds. The number of ether oxygens (including phenoxy) is 2. The van der Waals surface area contributed by atoms with E-state index in [1.807, 2.05) is 12.1 Å². The van der Waals surface area contributed by atoms with Gasteiger partial charge >= 0.3 is 0 Å². The number of anilines is 1. The molecule has 0 radical (unpaired) electrons. The number of hydrogen-bond acceptors (Lipinski definition) is 4. The largest absolute Gasteiger partial charge is 0.497 e. The summed E-state index contributed by atoms with van der Waals surface area (Å²) in [6.07, 6.45) is 0. The number of hydrogen-bond donors (Lipinski definition) is 1. The standard InChI is InChI=1S/C16H18N2O3/c1-18(2)16(19)14-8-7-11(17)9-15(14)21-13-6-4-5-12(10-13)20-3/h4-10H,17H2,1-3H3. The summed E-state index contributed by atoms with van der Waals surface area (Å²) in [5, 5.41) is 0. The van der Waals surface area contributed by atoms with Crippen molar-refractivity contribution in [2.24, 2.45) is 0 Å². The lowest BCUT2D eigenvalue weighted by molar-refractivity contribution is 0.0825. The highest BCUT2D eigenvalue weighted by Gasteiger charge is 2.15. The summed E-state index contributed by atoms with van der Waals surface area (Å²) in [6, 6.07) is 12.1. The van der Waals surface area contributed by atoms with E-state index in [-0.39, 0.29) is 5.91 Å². The number of amides is 1. The Morgan fingerprint density at radius 3 is 2.48 bits per heavy atom. The van der Waals surface area contributed by atoms with Crippen molar-refractivity contribution in [3.05, 3.63) is 48.0 Å². The molecule has 110 valence electrons. The Morgan fingerprint density at radius 2 is 1.81 bits per heavy atom. The summed E-state index contributed by atoms with van der Waals surface area (Å²) in [5.41, 5.74) is 6.77. The third-order valence-corrected chi connectivity index (χ3v) is 2.91. The van der Waals surface area contributed by atoms with Crippen LogP contribution in [0.1, 0.15) is 10.4 Å². The zero-order chi connectivity index (χ0) is 15.4. The fourth-order valence-electron chi connectivity index (χ4n) is 1.83. The second-order valence-electron chi connectivity index (χ2n) is 4.74. The summed E-state index contributed by atoms with van der Waals surface area (Å²) in [7, 11) is 4.96. The monoisotopic (exact) mass is 286 g/mol. The van der Waals surface area contributed by atoms with Gasteiger partial charge in [-0.1, -0.05) is 6.07 Å². The number of nitrogen functional groups attached to an aromatic ring is 1. The molecule has 0 spiro atoms. The van der Waals surface area contributed by atoms with E-state index in [1.165, 1.54) is 4.90 Å². The van der Waals surface area contributed by atoms with Gasteiger partial charge in [0, 0.05) is 31.9 Å². The third-order valence-electron chi connectivity index (χ3n) is 2.91. The molecule has 2 N–H and O–H groups in total. The van der Waals surface area contributed by atoms with Gasteiger partial charge in [0.25, 0.3) is 5.91 Å². The molecule has 0 aliphatic carbocycles. The molecule has 0 saturated heterocycles. The molecule has 0 fully saturated rings. The molecule has 0 aromatic heterocycles. The lowest BCUT2D eigenvalue weighted by Gasteiger charge is -2.15. The minimum Gasteiger partial charge on any atom is -0.497 e. The molecule has 5 nitrogen and oxygen atoms in total. The van der Waals surface area contributed by atoms with E-state index < -0.39 is 0 Å². The van der Waals surface area contributed by atoms with Crippen LogP contribution in [0, 0.1) is 0 Å². The molecular formula is C16H18N2O3. The molecule has 0 atom stereocenters. The molecule has 0 bridgehead atoms. The van der Waals surface area contributed by atoms with Crippen molar-refractivity contribution in [2.45, 2.75) is 0 Å². The van der Waals surface area contributed by atoms with Gasteiger partial charge < -0.3 is 20.1 Å². The van der Waals surface area contributed by atoms with Crippen LogP contribution in [0.15, 0.2) is 42.5 Å². The van der Waals surface area contributed by atoms with Crippen LogP contribution in [-0.2, 0) is 0 Å². The van der Waals surface area contributed by atoms with Crippen LogP contribution < -0.4 is 15.2 Å². The molecule has 0 aliphatic heterocycles. The minimum atomic E-state index is -0.145. The molecule has 0 saturated carbocycles. The van der Waals surface area contributed by atoms with E-state index in [2.05, 4.69) is 0 Å². The smallest absolute Gasteiger partial charge is 0.257 e. The van der Waals surface area contributed by atoms with Crippen molar-refractivity contribution in [3.8, 4) is 17.2 Å². The number of carbonyl (C=O) groups excluding carboxylic acids is 1. The van der Waals surface area contributed by atoms with Gasteiger partial charge in [-0.15, -0.1) is 0 Å². The summed E-state index contributed by atoms with van der Waals surface area (Å²) >= 11 is 0. The maximum atomic E-state index is 12.2. The molecule has 21 heavy (non-hydrogen) atoms. The Hall–Kier alpha value is -2.69. The van der Waals surface area contributed by atoms with Crippen molar-refractivity contribution in [2.75, 3.05) is 26.9 Å². The molecule has 5 heteroatoms. The SMILES string of the molecule is COc1cccc(Oc2cc(N)ccc2C(=O)N(C)C)c1. The van der Waals surface area contributed by atoms with E-state index in [4.69, 9.17) is 15.2 Å². The van der Waals surface area contributed by atoms with Gasteiger partial charge in [-0.2, -0.15) is 0 Å². The van der Waals surface area contributed by atoms with Gasteiger partial charge in [0.05, 0.1) is 12.7 Å². The van der Waals surface area contributed by atoms with Crippen LogP contribution in [0.2, 0.25) is 0 Å². The maximum absolute atomic E-state index is 12.2. The van der Waals surface area contributed by atoms with Crippen LogP contribution in [-0.4, -0.2) is 32.0 Å². The zero-order valence-electron chi connectivity index (χ0n) is 12.3. The van der Waals surface area contributed by atoms with Crippen LogP contribution in [0.5, 0.6) is 17.2 Å². The first-order valence-corrected chi connectivity index (χ1v) is 6.44. The van der Waals surface area contributed by atoms with Crippen molar-refractivity contribution < 1.29 is 14.3 Å². The average Bonchev–Trinajstić information content (AvgIpc) is 2.47. The van der Waals surface area contributed by atoms with Crippen molar-refractivity contribution in [1.29, 1.82) is 0 Å². The number of nitrogens with zero attached hydrogens (tertiary/aromatic N) is 1. The highest BCUT2D eigenvalue weighted by molar-refractivity contribution is 5.97. The molecule has 0 aliphatic rings. The topological polar surface area (TPSA) is 64.8 Å². The van der Waals surface area contributed by atoms with E-state index in [9.17, 15) is 4.79 Å². The third kappa shape index (κ3) is 3.45. The molecule has 2 aromatic carbocycles. The molecule has 2 rings (SSSR count). The summed E-state index contributed by atoms with van der Waals surface area (Å²) in [4.78, 5) is 13.7.